The second kappa shape index (κ2) is 22.9. The van der Waals surface area contributed by atoms with E-state index < -0.39 is 0 Å². The summed E-state index contributed by atoms with van der Waals surface area (Å²) >= 11 is 27.1. The lowest BCUT2D eigenvalue weighted by Crippen LogP contribution is -2.36. The number of hydrogen-bond acceptors (Lipinski definition) is 6. The first-order chi connectivity index (χ1) is 25.6. The zero-order valence-electron chi connectivity index (χ0n) is 30.6. The van der Waals surface area contributed by atoms with Gasteiger partial charge in [-0.05, 0) is 125 Å². The van der Waals surface area contributed by atoms with E-state index in [9.17, 15) is 0 Å². The summed E-state index contributed by atoms with van der Waals surface area (Å²) in [7, 11) is 0. The van der Waals surface area contributed by atoms with Gasteiger partial charge in [0.15, 0.2) is 0 Å². The number of rotatable bonds is 15. The highest BCUT2D eigenvalue weighted by molar-refractivity contribution is 9.09. The van der Waals surface area contributed by atoms with Gasteiger partial charge in [0.1, 0.15) is 34.2 Å². The number of unbranched alkanes of at least 4 members (excludes halogenated alkanes) is 2. The number of ether oxygens (including phenoxy) is 4. The van der Waals surface area contributed by atoms with Crippen LogP contribution in [0.15, 0.2) is 97.1 Å². The molecule has 0 spiro atoms. The molecule has 0 bridgehead atoms. The van der Waals surface area contributed by atoms with E-state index in [0.29, 0.717) is 16.7 Å². The van der Waals surface area contributed by atoms with E-state index in [-0.39, 0.29) is 11.2 Å². The van der Waals surface area contributed by atoms with Crippen molar-refractivity contribution < 1.29 is 18.9 Å². The van der Waals surface area contributed by atoms with Crippen molar-refractivity contribution in [2.45, 2.75) is 63.6 Å². The summed E-state index contributed by atoms with van der Waals surface area (Å²) in [5, 5.41) is 7.14. The normalized spacial score (nSPS) is 19.4. The van der Waals surface area contributed by atoms with Gasteiger partial charge in [-0.25, -0.2) is 0 Å². The fourth-order valence-corrected chi connectivity index (χ4v) is 6.91. The number of para-hydroxylation sites is 2. The summed E-state index contributed by atoms with van der Waals surface area (Å²) in [6.45, 7) is 10.7. The third-order valence-electron chi connectivity index (χ3n) is 8.79. The molecular weight excluding hydrogens is 818 g/mol. The van der Waals surface area contributed by atoms with Crippen molar-refractivity contribution in [3.63, 3.8) is 0 Å². The van der Waals surface area contributed by atoms with Gasteiger partial charge in [-0.3, -0.25) is 4.90 Å². The Morgan fingerprint density at radius 2 is 1.15 bits per heavy atom. The molecule has 2 aliphatic rings. The molecule has 0 aliphatic carbocycles. The van der Waals surface area contributed by atoms with Crippen LogP contribution >= 0.6 is 62.3 Å². The minimum Gasteiger partial charge on any atom is -0.492 e. The standard InChI is InChI=1S/C21H25Cl2NO2.C11H14ClNO.C10H12BrClO/c1-21(26-18-10-8-17(22)9-11-18)12-14-24(16-21)13-4-5-15-25-20-7-3-2-6-19(20)23;1-11(6-7-13-8-11)14-10-4-2-9(12)3-5-10;11-7-3-4-8-13-10-6-2-1-5-9(10)12/h2-3,6-11H,4-5,12-16H2,1H3;2-5,13H,6-8H2,1H3;1-2,5-6H,3-4,7-8H2. The summed E-state index contributed by atoms with van der Waals surface area (Å²) in [6.07, 6.45) is 6.38. The van der Waals surface area contributed by atoms with Gasteiger partial charge < -0.3 is 24.3 Å². The largest absolute Gasteiger partial charge is 0.492 e. The van der Waals surface area contributed by atoms with E-state index in [0.717, 1.165) is 116 Å². The Bertz CT molecular complexity index is 1630. The Balaban J connectivity index is 0.000000196. The molecule has 0 saturated carbocycles. The second-order valence-electron chi connectivity index (χ2n) is 13.6. The van der Waals surface area contributed by atoms with Gasteiger partial charge in [-0.1, -0.05) is 86.6 Å². The molecule has 6 nitrogen and oxygen atoms in total. The Morgan fingerprint density at radius 3 is 1.64 bits per heavy atom. The molecule has 4 aromatic carbocycles. The molecule has 288 valence electrons. The quantitative estimate of drug-likeness (QED) is 0.0949. The second-order valence-corrected chi connectivity index (χ2v) is 16.1. The third kappa shape index (κ3) is 16.1. The number of nitrogens with zero attached hydrogens (tertiary/aromatic N) is 1. The van der Waals surface area contributed by atoms with Crippen LogP contribution in [0.5, 0.6) is 23.0 Å². The van der Waals surface area contributed by atoms with Gasteiger partial charge in [-0.2, -0.15) is 0 Å². The minimum atomic E-state index is -0.137. The molecule has 0 amide bonds. The highest BCUT2D eigenvalue weighted by Gasteiger charge is 2.35. The Labute approximate surface area is 344 Å². The first-order valence-corrected chi connectivity index (χ1v) is 20.8. The summed E-state index contributed by atoms with van der Waals surface area (Å²) in [6, 6.07) is 30.3. The van der Waals surface area contributed by atoms with E-state index in [1.54, 1.807) is 0 Å². The lowest BCUT2D eigenvalue weighted by atomic mass is 10.1. The number of likely N-dealkylation sites (tertiary alicyclic amines) is 1. The molecule has 2 unspecified atom stereocenters. The van der Waals surface area contributed by atoms with Crippen LogP contribution in [-0.2, 0) is 0 Å². The molecule has 2 atom stereocenters. The Hall–Kier alpha value is -2.36. The molecule has 2 fully saturated rings. The highest BCUT2D eigenvalue weighted by Crippen LogP contribution is 2.29. The number of benzene rings is 4. The maximum absolute atomic E-state index is 6.21. The van der Waals surface area contributed by atoms with Gasteiger partial charge in [0.2, 0.25) is 0 Å². The van der Waals surface area contributed by atoms with Gasteiger partial charge in [0.05, 0.1) is 23.3 Å². The van der Waals surface area contributed by atoms with E-state index in [2.05, 4.69) is 40.0 Å². The minimum absolute atomic E-state index is 0.0617. The number of alkyl halides is 1. The molecule has 2 heterocycles. The van der Waals surface area contributed by atoms with Crippen LogP contribution in [0.3, 0.4) is 0 Å². The van der Waals surface area contributed by atoms with Crippen LogP contribution < -0.4 is 24.3 Å². The van der Waals surface area contributed by atoms with Crippen LogP contribution in [0.4, 0.5) is 0 Å². The molecule has 2 aliphatic heterocycles. The molecule has 6 rings (SSSR count). The maximum Gasteiger partial charge on any atom is 0.137 e. The number of nitrogens with one attached hydrogen (secondary N) is 1. The molecule has 1 N–H and O–H groups in total. The Morgan fingerprint density at radius 1 is 0.642 bits per heavy atom. The van der Waals surface area contributed by atoms with Crippen LogP contribution in [0.25, 0.3) is 0 Å². The van der Waals surface area contributed by atoms with E-state index in [4.69, 9.17) is 65.4 Å². The average Bonchev–Trinajstić information content (AvgIpc) is 3.75. The van der Waals surface area contributed by atoms with Gasteiger partial charge in [-0.15, -0.1) is 0 Å². The predicted molar refractivity (Wildman–Crippen MR) is 226 cm³/mol. The van der Waals surface area contributed by atoms with Gasteiger partial charge >= 0.3 is 0 Å². The van der Waals surface area contributed by atoms with E-state index in [1.165, 1.54) is 0 Å². The molecule has 0 radical (unpaired) electrons. The lowest BCUT2D eigenvalue weighted by molar-refractivity contribution is 0.0956. The van der Waals surface area contributed by atoms with Crippen molar-refractivity contribution in [3.8, 4) is 23.0 Å². The zero-order chi connectivity index (χ0) is 37.9. The molecule has 4 aromatic rings. The maximum atomic E-state index is 6.21. The molecule has 11 heteroatoms. The molecule has 0 aromatic heterocycles. The summed E-state index contributed by atoms with van der Waals surface area (Å²) < 4.78 is 23.3. The summed E-state index contributed by atoms with van der Waals surface area (Å²) in [5.41, 5.74) is -0.199. The van der Waals surface area contributed by atoms with Crippen molar-refractivity contribution in [3.05, 3.63) is 117 Å². The first kappa shape index (κ1) is 43.4. The number of halogens is 5. The summed E-state index contributed by atoms with van der Waals surface area (Å²) in [5.74, 6) is 3.31. The van der Waals surface area contributed by atoms with Crippen molar-refractivity contribution in [1.82, 2.24) is 10.2 Å². The van der Waals surface area contributed by atoms with Crippen LogP contribution in [-0.4, -0.2) is 67.4 Å². The SMILES string of the molecule is CC1(Oc2ccc(Cl)cc2)CCN(CCCCOc2ccccc2Cl)C1.CC1(Oc2ccc(Cl)cc2)CCNC1.Clc1ccccc1OCCCCBr. The van der Waals surface area contributed by atoms with Crippen LogP contribution in [0, 0.1) is 0 Å². The van der Waals surface area contributed by atoms with E-state index >= 15 is 0 Å². The highest BCUT2D eigenvalue weighted by atomic mass is 79.9. The summed E-state index contributed by atoms with van der Waals surface area (Å²) in [4.78, 5) is 2.46. The Kier molecular flexibility index (Phi) is 18.7. The average molecular weight is 870 g/mol. The van der Waals surface area contributed by atoms with Gasteiger partial charge in [0, 0.05) is 47.9 Å². The number of hydrogen-bond donors (Lipinski definition) is 1. The van der Waals surface area contributed by atoms with Gasteiger partial charge in [0.25, 0.3) is 0 Å². The zero-order valence-corrected chi connectivity index (χ0v) is 35.2. The first-order valence-electron chi connectivity index (χ1n) is 18.2. The third-order valence-corrected chi connectivity index (χ3v) is 10.5. The fourth-order valence-electron chi connectivity index (χ4n) is 5.88. The molecule has 2 saturated heterocycles. The van der Waals surface area contributed by atoms with Crippen molar-refractivity contribution in [1.29, 1.82) is 0 Å². The lowest BCUT2D eigenvalue weighted by Gasteiger charge is -2.26. The van der Waals surface area contributed by atoms with Crippen molar-refractivity contribution in [2.24, 2.45) is 0 Å². The topological polar surface area (TPSA) is 52.2 Å². The van der Waals surface area contributed by atoms with Crippen molar-refractivity contribution in [2.75, 3.05) is 51.3 Å². The predicted octanol–water partition coefficient (Wildman–Crippen LogP) is 12.1. The van der Waals surface area contributed by atoms with Crippen molar-refractivity contribution >= 4 is 62.3 Å². The molecular formula is C42H51BrCl4N2O4. The van der Waals surface area contributed by atoms with Crippen LogP contribution in [0.2, 0.25) is 20.1 Å². The van der Waals surface area contributed by atoms with E-state index in [1.807, 2.05) is 97.1 Å². The fraction of sp³-hybridized carbons (Fsp3) is 0.429. The molecule has 53 heavy (non-hydrogen) atoms. The monoisotopic (exact) mass is 866 g/mol. The van der Waals surface area contributed by atoms with Crippen LogP contribution in [0.1, 0.15) is 52.4 Å². The smallest absolute Gasteiger partial charge is 0.137 e.